The van der Waals surface area contributed by atoms with Crippen LogP contribution in [0.5, 0.6) is 0 Å². The number of hydrogen-bond donors (Lipinski definition) is 2. The van der Waals surface area contributed by atoms with E-state index in [-0.39, 0.29) is 0 Å². The van der Waals surface area contributed by atoms with Crippen molar-refractivity contribution in [3.8, 4) is 18.2 Å². The van der Waals surface area contributed by atoms with Crippen molar-refractivity contribution < 1.29 is 14.8 Å². The van der Waals surface area contributed by atoms with Crippen LogP contribution >= 0.6 is 79.6 Å². The summed E-state index contributed by atoms with van der Waals surface area (Å²) in [7, 11) is 0. The van der Waals surface area contributed by atoms with E-state index in [4.69, 9.17) is 26.6 Å². The summed E-state index contributed by atoms with van der Waals surface area (Å²) in [6.45, 7) is 0.785. The van der Waals surface area contributed by atoms with Gasteiger partial charge in [-0.1, -0.05) is 31.9 Å². The third-order valence-corrected chi connectivity index (χ3v) is 6.40. The number of nitrogens with two attached hydrogens (primary N) is 1. The molecule has 0 aliphatic rings. The highest BCUT2D eigenvalue weighted by atomic mass is 79.9. The molecule has 0 aromatic rings. The van der Waals surface area contributed by atoms with Crippen molar-refractivity contribution in [1.29, 1.82) is 15.8 Å². The summed E-state index contributed by atoms with van der Waals surface area (Å²) in [5, 5.41) is 43.6. The van der Waals surface area contributed by atoms with E-state index in [1.807, 2.05) is 6.07 Å². The highest BCUT2D eigenvalue weighted by molar-refractivity contribution is 9.26. The minimum atomic E-state index is -1.39. The van der Waals surface area contributed by atoms with Crippen molar-refractivity contribution in [3.63, 3.8) is 0 Å². The van der Waals surface area contributed by atoms with E-state index in [9.17, 15) is 14.9 Å². The Kier molecular flexibility index (Phi) is 17.2. The molecule has 0 radical (unpaired) electrons. The summed E-state index contributed by atoms with van der Waals surface area (Å²) in [4.78, 5) is 19.4. The van der Waals surface area contributed by atoms with E-state index in [1.165, 1.54) is 6.92 Å². The fourth-order valence-corrected chi connectivity index (χ4v) is 1.12. The molecule has 2 atom stereocenters. The van der Waals surface area contributed by atoms with Gasteiger partial charge in [0.25, 0.3) is 10.4 Å². The predicted molar refractivity (Wildman–Crippen MR) is 113 cm³/mol. The molecule has 0 rings (SSSR count). The normalized spacial score (nSPS) is 14.2. The van der Waals surface area contributed by atoms with Crippen LogP contribution in [0.15, 0.2) is 0 Å². The molecule has 0 aliphatic heterocycles. The van der Waals surface area contributed by atoms with E-state index in [1.54, 1.807) is 6.07 Å². The van der Waals surface area contributed by atoms with Crippen molar-refractivity contribution in [1.82, 2.24) is 0 Å². The molecule has 1 amide bonds. The van der Waals surface area contributed by atoms with Crippen LogP contribution in [0.25, 0.3) is 0 Å². The topological polar surface area (TPSA) is 178 Å². The van der Waals surface area contributed by atoms with Crippen LogP contribution in [0.1, 0.15) is 19.8 Å². The highest BCUT2D eigenvalue weighted by Crippen LogP contribution is 2.25. The lowest BCUT2D eigenvalue weighted by atomic mass is 10.1. The lowest BCUT2D eigenvalue weighted by Gasteiger charge is -2.12. The SMILES string of the molecule is CC(Br)(CO)[N+](=O)[O-].N#CC(Br)(Br)C(N)=O.N#CCCC(Br)(C#N)CBr. The van der Waals surface area contributed by atoms with Gasteiger partial charge < -0.3 is 10.8 Å². The smallest absolute Gasteiger partial charge is 0.294 e. The van der Waals surface area contributed by atoms with Gasteiger partial charge in [-0.25, -0.2) is 0 Å². The number of halogens is 5. The molecule has 0 heterocycles. The minimum Gasteiger partial charge on any atom is -0.388 e. The van der Waals surface area contributed by atoms with Gasteiger partial charge in [-0.2, -0.15) is 15.8 Å². The molecule has 0 aliphatic carbocycles. The largest absolute Gasteiger partial charge is 0.388 e. The van der Waals surface area contributed by atoms with Crippen molar-refractivity contribution in [2.45, 2.75) is 31.8 Å². The number of carbonyl (C=O) groups excluding carboxylic acids is 1. The van der Waals surface area contributed by atoms with E-state index < -0.39 is 29.4 Å². The number of nitriles is 3. The van der Waals surface area contributed by atoms with E-state index in [0.29, 0.717) is 18.2 Å². The maximum Gasteiger partial charge on any atom is 0.294 e. The maximum atomic E-state index is 10.2. The molecule has 3 N–H and O–H groups in total. The first-order valence-corrected chi connectivity index (χ1v) is 10.5. The lowest BCUT2D eigenvalue weighted by Crippen LogP contribution is -2.31. The zero-order valence-corrected chi connectivity index (χ0v) is 21.2. The van der Waals surface area contributed by atoms with E-state index in [0.717, 1.165) is 0 Å². The Bertz CT molecular complexity index is 596. The van der Waals surface area contributed by atoms with Crippen LogP contribution in [-0.4, -0.2) is 39.9 Å². The van der Waals surface area contributed by atoms with Gasteiger partial charge >= 0.3 is 0 Å². The standard InChI is InChI=1S/C6H6Br2N2.C3H2Br2N2O.C3H6BrNO3/c7-4-6(8,5-10)2-1-3-9;4-3(5,1-6)2(7)8;1-3(4,2-6)5(7)8/h1-2,4H2;(H2,7,8);6H,2H2,1H3. The van der Waals surface area contributed by atoms with Gasteiger partial charge in [0.15, 0.2) is 0 Å². The summed E-state index contributed by atoms with van der Waals surface area (Å²) < 4.78 is -3.31. The predicted octanol–water partition coefficient (Wildman–Crippen LogP) is 3.19. The molecule has 9 nitrogen and oxygen atoms in total. The van der Waals surface area contributed by atoms with Gasteiger partial charge in [-0.05, 0) is 38.3 Å². The second-order valence-electron chi connectivity index (χ2n) is 4.48. The second-order valence-corrected chi connectivity index (χ2v) is 11.7. The molecule has 0 fully saturated rings. The van der Waals surface area contributed by atoms with Crippen LogP contribution in [0.2, 0.25) is 0 Å². The molecule has 146 valence electrons. The second kappa shape index (κ2) is 14.7. The van der Waals surface area contributed by atoms with E-state index in [2.05, 4.69) is 85.7 Å². The summed E-state index contributed by atoms with van der Waals surface area (Å²) in [5.41, 5.74) is 4.73. The quantitative estimate of drug-likeness (QED) is 0.186. The number of rotatable bonds is 6. The Morgan fingerprint density at radius 2 is 1.69 bits per heavy atom. The summed E-state index contributed by atoms with van der Waals surface area (Å²) in [6, 6.07) is 5.67. The number of amides is 1. The van der Waals surface area contributed by atoms with Crippen LogP contribution < -0.4 is 5.73 Å². The monoisotopic (exact) mass is 687 g/mol. The molecular formula is C12H14Br5N5O4. The lowest BCUT2D eigenvalue weighted by molar-refractivity contribution is -0.534. The molecule has 0 spiro atoms. The van der Waals surface area contributed by atoms with Crippen molar-refractivity contribution >= 4 is 85.6 Å². The molecule has 26 heavy (non-hydrogen) atoms. The number of primary amides is 1. The highest BCUT2D eigenvalue weighted by Gasteiger charge is 2.31. The Morgan fingerprint density at radius 3 is 1.81 bits per heavy atom. The Morgan fingerprint density at radius 1 is 1.23 bits per heavy atom. The number of carbonyl (C=O) groups is 1. The first-order chi connectivity index (χ1) is 11.7. The van der Waals surface area contributed by atoms with Gasteiger partial charge in [0.2, 0.25) is 3.23 Å². The van der Waals surface area contributed by atoms with Gasteiger partial charge in [0, 0.05) is 39.5 Å². The van der Waals surface area contributed by atoms with Gasteiger partial charge in [0.05, 0.1) is 12.1 Å². The fraction of sp³-hybridized carbons (Fsp3) is 0.667. The molecule has 2 unspecified atom stereocenters. The van der Waals surface area contributed by atoms with Gasteiger partial charge in [0.1, 0.15) is 17.0 Å². The maximum absolute atomic E-state index is 10.2. The first kappa shape index (κ1) is 30.4. The summed E-state index contributed by atoms with van der Waals surface area (Å²) in [6.07, 6.45) is 0.968. The molecule has 0 saturated heterocycles. The Balaban J connectivity index is -0.000000308. The fourth-order valence-electron chi connectivity index (χ4n) is 0.519. The van der Waals surface area contributed by atoms with Crippen molar-refractivity contribution in [2.24, 2.45) is 5.73 Å². The number of aliphatic hydroxyl groups excluding tert-OH is 1. The first-order valence-electron chi connectivity index (χ1n) is 6.26. The summed E-state index contributed by atoms with van der Waals surface area (Å²) >= 11 is 14.6. The Labute approximate surface area is 192 Å². The van der Waals surface area contributed by atoms with E-state index >= 15 is 0 Å². The third-order valence-electron chi connectivity index (χ3n) is 2.16. The van der Waals surface area contributed by atoms with Crippen LogP contribution in [0, 0.1) is 44.1 Å². The van der Waals surface area contributed by atoms with Gasteiger partial charge in [-0.3, -0.25) is 14.9 Å². The average Bonchev–Trinajstić information content (AvgIpc) is 2.60. The van der Waals surface area contributed by atoms with Crippen LogP contribution in [-0.2, 0) is 4.79 Å². The molecule has 0 bridgehead atoms. The van der Waals surface area contributed by atoms with Crippen LogP contribution in [0.4, 0.5) is 0 Å². The number of alkyl halides is 5. The molecule has 0 saturated carbocycles. The number of aliphatic hydroxyl groups is 1. The number of nitro groups is 1. The molecule has 0 aromatic carbocycles. The zero-order chi connectivity index (χ0) is 21.6. The third kappa shape index (κ3) is 14.8. The van der Waals surface area contributed by atoms with Crippen molar-refractivity contribution in [3.05, 3.63) is 10.1 Å². The molecule has 0 aromatic heterocycles. The van der Waals surface area contributed by atoms with Crippen LogP contribution in [0.3, 0.4) is 0 Å². The molecular weight excluding hydrogens is 678 g/mol. The minimum absolute atomic E-state index is 0.407. The number of nitrogens with zero attached hydrogens (tertiary/aromatic N) is 4. The van der Waals surface area contributed by atoms with Gasteiger partial charge in [-0.15, -0.1) is 0 Å². The number of hydrogen-bond acceptors (Lipinski definition) is 7. The zero-order valence-electron chi connectivity index (χ0n) is 13.3. The van der Waals surface area contributed by atoms with Crippen molar-refractivity contribution in [2.75, 3.05) is 11.9 Å². The average molecular weight is 692 g/mol. The summed E-state index contributed by atoms with van der Waals surface area (Å²) in [5.74, 6) is -0.750. The Hall–Kier alpha value is -0.300. The molecule has 14 heteroatoms.